The Morgan fingerprint density at radius 2 is 1.73 bits per heavy atom. The average molecular weight is 363 g/mol. The molecule has 5 nitrogen and oxygen atoms in total. The lowest BCUT2D eigenvalue weighted by Crippen LogP contribution is -2.38. The van der Waals surface area contributed by atoms with E-state index in [-0.39, 0.29) is 17.9 Å². The Hall–Kier alpha value is -1.88. The fourth-order valence-electron chi connectivity index (χ4n) is 3.06. The highest BCUT2D eigenvalue weighted by Crippen LogP contribution is 2.27. The molecule has 1 rings (SSSR count). The molecule has 0 saturated heterocycles. The molecule has 1 aromatic carbocycles. The number of rotatable bonds is 8. The third-order valence-corrected chi connectivity index (χ3v) is 4.68. The van der Waals surface area contributed by atoms with E-state index in [1.807, 2.05) is 0 Å². The molecule has 0 heterocycles. The molecule has 0 bridgehead atoms. The van der Waals surface area contributed by atoms with Gasteiger partial charge in [0.2, 0.25) is 5.91 Å². The first-order valence-electron chi connectivity index (χ1n) is 9.20. The van der Waals surface area contributed by atoms with Crippen LogP contribution in [0.25, 0.3) is 0 Å². The average Bonchev–Trinajstić information content (AvgIpc) is 2.48. The molecular formula is C21H34N2O3. The first-order valence-corrected chi connectivity index (χ1v) is 9.20. The summed E-state index contributed by atoms with van der Waals surface area (Å²) in [5.41, 5.74) is 5.26. The number of hydrogen-bond donors (Lipinski definition) is 2. The number of amides is 1. The zero-order chi connectivity index (χ0) is 20.1. The number of nitrogens with zero attached hydrogens (tertiary/aromatic N) is 1. The summed E-state index contributed by atoms with van der Waals surface area (Å²) in [5.74, 6) is -1.41. The van der Waals surface area contributed by atoms with E-state index in [1.54, 1.807) is 18.9 Å². The number of carbonyl (C=O) groups is 2. The number of carboxylic acid groups (broad SMARTS) is 1. The predicted molar refractivity (Wildman–Crippen MR) is 106 cm³/mol. The van der Waals surface area contributed by atoms with Crippen molar-refractivity contribution in [2.24, 2.45) is 5.92 Å². The number of benzene rings is 1. The maximum atomic E-state index is 12.1. The van der Waals surface area contributed by atoms with Gasteiger partial charge in [-0.25, -0.2) is 0 Å². The van der Waals surface area contributed by atoms with E-state index in [0.717, 1.165) is 6.42 Å². The zero-order valence-corrected chi connectivity index (χ0v) is 17.3. The molecule has 1 amide bonds. The predicted octanol–water partition coefficient (Wildman–Crippen LogP) is 2.91. The lowest BCUT2D eigenvalue weighted by atomic mass is 9.83. The van der Waals surface area contributed by atoms with Crippen LogP contribution >= 0.6 is 0 Å². The fraction of sp³-hybridized carbons (Fsp3) is 0.619. The van der Waals surface area contributed by atoms with Crippen molar-refractivity contribution in [1.82, 2.24) is 10.2 Å². The van der Waals surface area contributed by atoms with Crippen molar-refractivity contribution in [2.75, 3.05) is 26.7 Å². The first-order chi connectivity index (χ1) is 11.9. The highest BCUT2D eigenvalue weighted by atomic mass is 16.4. The van der Waals surface area contributed by atoms with E-state index in [2.05, 4.69) is 52.1 Å². The molecule has 5 heteroatoms. The number of nitrogens with one attached hydrogen (secondary N) is 1. The van der Waals surface area contributed by atoms with Gasteiger partial charge < -0.3 is 10.4 Å². The van der Waals surface area contributed by atoms with E-state index in [9.17, 15) is 9.59 Å². The molecule has 0 spiro atoms. The number of aryl methyl sites for hydroxylation is 2. The number of hydrogen-bond acceptors (Lipinski definition) is 3. The van der Waals surface area contributed by atoms with Gasteiger partial charge in [-0.3, -0.25) is 14.5 Å². The van der Waals surface area contributed by atoms with E-state index >= 15 is 0 Å². The monoisotopic (exact) mass is 362 g/mol. The van der Waals surface area contributed by atoms with Gasteiger partial charge in [0.15, 0.2) is 0 Å². The maximum Gasteiger partial charge on any atom is 0.307 e. The summed E-state index contributed by atoms with van der Waals surface area (Å²) in [4.78, 5) is 24.7. The van der Waals surface area contributed by atoms with Gasteiger partial charge in [-0.05, 0) is 55.0 Å². The minimum Gasteiger partial charge on any atom is -0.481 e. The summed E-state index contributed by atoms with van der Waals surface area (Å²) in [6, 6.07) is 4.48. The smallest absolute Gasteiger partial charge is 0.307 e. The molecular weight excluding hydrogens is 328 g/mol. The molecule has 0 radical (unpaired) electrons. The van der Waals surface area contributed by atoms with Gasteiger partial charge >= 0.3 is 5.97 Å². The molecule has 1 unspecified atom stereocenters. The van der Waals surface area contributed by atoms with Crippen LogP contribution in [-0.2, 0) is 21.4 Å². The second-order valence-corrected chi connectivity index (χ2v) is 8.37. The molecule has 1 aromatic rings. The van der Waals surface area contributed by atoms with Gasteiger partial charge in [0.25, 0.3) is 0 Å². The standard InChI is InChI=1S/C21H34N2O3/c1-14-10-17(21(4,5)6)11-15(2)18(14)8-9-22-19(24)13-23(7)12-16(3)20(25)26/h10-11,16H,8-9,12-13H2,1-7H3,(H,22,24)(H,25,26). The van der Waals surface area contributed by atoms with Gasteiger partial charge in [-0.1, -0.05) is 39.8 Å². The molecule has 1 atom stereocenters. The highest BCUT2D eigenvalue weighted by Gasteiger charge is 2.17. The van der Waals surface area contributed by atoms with E-state index in [4.69, 9.17) is 5.11 Å². The number of carbonyl (C=O) groups excluding carboxylic acids is 1. The van der Waals surface area contributed by atoms with Gasteiger partial charge in [-0.15, -0.1) is 0 Å². The van der Waals surface area contributed by atoms with Crippen molar-refractivity contribution in [1.29, 1.82) is 0 Å². The van der Waals surface area contributed by atoms with Crippen molar-refractivity contribution in [2.45, 2.75) is 53.4 Å². The van der Waals surface area contributed by atoms with E-state index in [0.29, 0.717) is 13.1 Å². The molecule has 0 saturated carbocycles. The molecule has 0 fully saturated rings. The largest absolute Gasteiger partial charge is 0.481 e. The Bertz CT molecular complexity index is 624. The van der Waals surface area contributed by atoms with Crippen LogP contribution in [0.5, 0.6) is 0 Å². The van der Waals surface area contributed by atoms with Crippen molar-refractivity contribution >= 4 is 11.9 Å². The van der Waals surface area contributed by atoms with Crippen LogP contribution < -0.4 is 5.32 Å². The van der Waals surface area contributed by atoms with Crippen LogP contribution in [0.2, 0.25) is 0 Å². The third-order valence-electron chi connectivity index (χ3n) is 4.68. The van der Waals surface area contributed by atoms with Crippen LogP contribution in [-0.4, -0.2) is 48.6 Å². The van der Waals surface area contributed by atoms with Crippen LogP contribution in [0.4, 0.5) is 0 Å². The zero-order valence-electron chi connectivity index (χ0n) is 17.3. The van der Waals surface area contributed by atoms with Gasteiger partial charge in [0, 0.05) is 13.1 Å². The Balaban J connectivity index is 2.55. The quantitative estimate of drug-likeness (QED) is 0.746. The molecule has 0 aliphatic heterocycles. The summed E-state index contributed by atoms with van der Waals surface area (Å²) in [6.45, 7) is 13.7. The Morgan fingerprint density at radius 3 is 2.19 bits per heavy atom. The minimum absolute atomic E-state index is 0.0771. The van der Waals surface area contributed by atoms with Crippen LogP contribution in [0.1, 0.15) is 49.9 Å². The van der Waals surface area contributed by atoms with Crippen LogP contribution in [0.15, 0.2) is 12.1 Å². The summed E-state index contributed by atoms with van der Waals surface area (Å²) < 4.78 is 0. The van der Waals surface area contributed by atoms with Gasteiger partial charge in [0.05, 0.1) is 12.5 Å². The second kappa shape index (κ2) is 9.17. The Kier molecular flexibility index (Phi) is 7.82. The minimum atomic E-state index is -0.845. The second-order valence-electron chi connectivity index (χ2n) is 8.37. The fourth-order valence-corrected chi connectivity index (χ4v) is 3.06. The van der Waals surface area contributed by atoms with E-state index in [1.165, 1.54) is 22.3 Å². The number of carboxylic acids is 1. The summed E-state index contributed by atoms with van der Waals surface area (Å²) in [5, 5.41) is 11.9. The Labute approximate surface area is 157 Å². The third kappa shape index (κ3) is 6.79. The number of likely N-dealkylation sites (N-methyl/N-ethyl adjacent to an activating group) is 1. The molecule has 0 aliphatic rings. The summed E-state index contributed by atoms with van der Waals surface area (Å²) >= 11 is 0. The lowest BCUT2D eigenvalue weighted by molar-refractivity contribution is -0.142. The van der Waals surface area contributed by atoms with Crippen molar-refractivity contribution in [3.8, 4) is 0 Å². The summed E-state index contributed by atoms with van der Waals surface area (Å²) in [6.07, 6.45) is 0.795. The SMILES string of the molecule is Cc1cc(C(C)(C)C)cc(C)c1CCNC(=O)CN(C)CC(C)C(=O)O. The first kappa shape index (κ1) is 22.2. The topological polar surface area (TPSA) is 69.6 Å². The van der Waals surface area contributed by atoms with Crippen molar-refractivity contribution in [3.63, 3.8) is 0 Å². The molecule has 0 aromatic heterocycles. The van der Waals surface area contributed by atoms with Gasteiger partial charge in [0.1, 0.15) is 0 Å². The maximum absolute atomic E-state index is 12.1. The van der Waals surface area contributed by atoms with Crippen molar-refractivity contribution in [3.05, 3.63) is 34.4 Å². The summed E-state index contributed by atoms with van der Waals surface area (Å²) in [7, 11) is 1.76. The lowest BCUT2D eigenvalue weighted by Gasteiger charge is -2.22. The van der Waals surface area contributed by atoms with E-state index < -0.39 is 11.9 Å². The molecule has 146 valence electrons. The number of aliphatic carboxylic acids is 1. The molecule has 0 aliphatic carbocycles. The Morgan fingerprint density at radius 1 is 1.19 bits per heavy atom. The molecule has 26 heavy (non-hydrogen) atoms. The normalized spacial score (nSPS) is 12.9. The highest BCUT2D eigenvalue weighted by molar-refractivity contribution is 5.78. The van der Waals surface area contributed by atoms with Crippen LogP contribution in [0, 0.1) is 19.8 Å². The van der Waals surface area contributed by atoms with Crippen molar-refractivity contribution < 1.29 is 14.7 Å². The van der Waals surface area contributed by atoms with Gasteiger partial charge in [-0.2, -0.15) is 0 Å². The molecule has 2 N–H and O–H groups in total. The van der Waals surface area contributed by atoms with Crippen LogP contribution in [0.3, 0.4) is 0 Å².